The third kappa shape index (κ3) is 3.73. The number of nitrogens with zero attached hydrogens (tertiary/aromatic N) is 1. The van der Waals surface area contributed by atoms with E-state index in [1.165, 1.54) is 0 Å². The Labute approximate surface area is 134 Å². The molecule has 0 bridgehead atoms. The second-order valence-corrected chi connectivity index (χ2v) is 6.82. The number of aliphatic hydroxyl groups is 1. The minimum absolute atomic E-state index is 0.211. The van der Waals surface area contributed by atoms with Crippen molar-refractivity contribution in [3.63, 3.8) is 0 Å². The number of hydrogen-bond donors (Lipinski definition) is 2. The molecule has 1 aliphatic rings. The molecule has 1 aromatic rings. The van der Waals surface area contributed by atoms with Crippen molar-refractivity contribution in [1.82, 2.24) is 0 Å². The zero-order valence-corrected chi connectivity index (χ0v) is 14.2. The van der Waals surface area contributed by atoms with Crippen LogP contribution in [-0.2, 0) is 0 Å². The van der Waals surface area contributed by atoms with E-state index in [1.54, 1.807) is 0 Å². The molecule has 0 radical (unpaired) electrons. The van der Waals surface area contributed by atoms with Crippen LogP contribution >= 0.6 is 0 Å². The van der Waals surface area contributed by atoms with E-state index in [0.717, 1.165) is 30.0 Å². The number of nitrogens with two attached hydrogens (primary N) is 1. The number of anilines is 1. The van der Waals surface area contributed by atoms with Gasteiger partial charge in [0.2, 0.25) is 0 Å². The van der Waals surface area contributed by atoms with E-state index < -0.39 is 6.10 Å². The van der Waals surface area contributed by atoms with E-state index >= 15 is 0 Å². The number of aliphatic hydroxyl groups excluding tert-OH is 1. The van der Waals surface area contributed by atoms with Gasteiger partial charge in [-0.25, -0.2) is 0 Å². The smallest absolute Gasteiger partial charge is 0.143 e. The van der Waals surface area contributed by atoms with Crippen LogP contribution in [0, 0.1) is 5.92 Å². The maximum Gasteiger partial charge on any atom is 0.143 e. The Morgan fingerprint density at radius 3 is 2.64 bits per heavy atom. The summed E-state index contributed by atoms with van der Waals surface area (Å²) in [5.41, 5.74) is 7.57. The molecule has 0 spiro atoms. The summed E-state index contributed by atoms with van der Waals surface area (Å²) in [7, 11) is 0. The predicted octanol–water partition coefficient (Wildman–Crippen LogP) is 3.09. The first-order chi connectivity index (χ1) is 10.4. The highest BCUT2D eigenvalue weighted by atomic mass is 16.5. The van der Waals surface area contributed by atoms with Crippen molar-refractivity contribution in [3.05, 3.63) is 23.8 Å². The zero-order valence-electron chi connectivity index (χ0n) is 14.2. The molecule has 2 unspecified atom stereocenters. The van der Waals surface area contributed by atoms with E-state index in [4.69, 9.17) is 10.5 Å². The Morgan fingerprint density at radius 2 is 2.05 bits per heavy atom. The summed E-state index contributed by atoms with van der Waals surface area (Å²) in [6, 6.07) is 6.45. The van der Waals surface area contributed by atoms with E-state index in [2.05, 4.69) is 38.7 Å². The number of fused-ring (bicyclic) bond motifs is 1. The SMILES string of the molecule is CC(C)C1CN(C(C)C)c2cc(C(O)CCCN)ccc2O1. The number of hydrogen-bond acceptors (Lipinski definition) is 4. The Kier molecular flexibility index (Phi) is 5.70. The van der Waals surface area contributed by atoms with Crippen molar-refractivity contribution in [2.75, 3.05) is 18.0 Å². The monoisotopic (exact) mass is 306 g/mol. The number of ether oxygens (including phenoxy) is 1. The van der Waals surface area contributed by atoms with E-state index in [9.17, 15) is 5.11 Å². The van der Waals surface area contributed by atoms with Crippen LogP contribution in [0.25, 0.3) is 0 Å². The van der Waals surface area contributed by atoms with Crippen molar-refractivity contribution < 1.29 is 9.84 Å². The van der Waals surface area contributed by atoms with Crippen LogP contribution in [0.15, 0.2) is 18.2 Å². The predicted molar refractivity (Wildman–Crippen MR) is 91.4 cm³/mol. The van der Waals surface area contributed by atoms with Crippen molar-refractivity contribution >= 4 is 5.69 Å². The van der Waals surface area contributed by atoms with Crippen LogP contribution in [0.3, 0.4) is 0 Å². The fourth-order valence-corrected chi connectivity index (χ4v) is 2.87. The molecule has 0 saturated heterocycles. The minimum Gasteiger partial charge on any atom is -0.486 e. The fourth-order valence-electron chi connectivity index (χ4n) is 2.87. The highest BCUT2D eigenvalue weighted by molar-refractivity contribution is 5.62. The van der Waals surface area contributed by atoms with Gasteiger partial charge in [-0.15, -0.1) is 0 Å². The first-order valence-corrected chi connectivity index (χ1v) is 8.39. The molecule has 0 saturated carbocycles. The van der Waals surface area contributed by atoms with Gasteiger partial charge in [0.25, 0.3) is 0 Å². The summed E-state index contributed by atoms with van der Waals surface area (Å²) < 4.78 is 6.15. The van der Waals surface area contributed by atoms with Crippen molar-refractivity contribution in [2.45, 2.75) is 58.8 Å². The van der Waals surface area contributed by atoms with Gasteiger partial charge < -0.3 is 20.5 Å². The highest BCUT2D eigenvalue weighted by Gasteiger charge is 2.29. The summed E-state index contributed by atoms with van der Waals surface area (Å²) in [6.07, 6.45) is 1.29. The van der Waals surface area contributed by atoms with Crippen molar-refractivity contribution in [2.24, 2.45) is 11.7 Å². The molecule has 3 N–H and O–H groups in total. The second-order valence-electron chi connectivity index (χ2n) is 6.82. The molecule has 2 rings (SSSR count). The lowest BCUT2D eigenvalue weighted by Crippen LogP contribution is -2.45. The summed E-state index contributed by atoms with van der Waals surface area (Å²) in [5.74, 6) is 1.40. The van der Waals surface area contributed by atoms with E-state index in [0.29, 0.717) is 24.9 Å². The first-order valence-electron chi connectivity index (χ1n) is 8.39. The Morgan fingerprint density at radius 1 is 1.32 bits per heavy atom. The molecule has 0 aromatic heterocycles. The maximum absolute atomic E-state index is 10.3. The first kappa shape index (κ1) is 17.1. The van der Waals surface area contributed by atoms with Crippen molar-refractivity contribution in [3.8, 4) is 5.75 Å². The van der Waals surface area contributed by atoms with Crippen molar-refractivity contribution in [1.29, 1.82) is 0 Å². The normalized spacial score (nSPS) is 19.3. The third-order valence-electron chi connectivity index (χ3n) is 4.38. The average molecular weight is 306 g/mol. The molecule has 4 nitrogen and oxygen atoms in total. The fraction of sp³-hybridized carbons (Fsp3) is 0.667. The molecule has 0 amide bonds. The molecule has 1 heterocycles. The molecule has 1 aromatic carbocycles. The molecule has 22 heavy (non-hydrogen) atoms. The molecular weight excluding hydrogens is 276 g/mol. The number of benzene rings is 1. The van der Waals surface area contributed by atoms with Crippen LogP contribution in [0.1, 0.15) is 52.2 Å². The van der Waals surface area contributed by atoms with Gasteiger partial charge in [0.15, 0.2) is 0 Å². The lowest BCUT2D eigenvalue weighted by Gasteiger charge is -2.40. The van der Waals surface area contributed by atoms with Crippen LogP contribution in [0.5, 0.6) is 5.75 Å². The second kappa shape index (κ2) is 7.34. The van der Waals surface area contributed by atoms with Crippen LogP contribution in [-0.4, -0.2) is 30.3 Å². The van der Waals surface area contributed by atoms with Gasteiger partial charge in [-0.1, -0.05) is 19.9 Å². The lowest BCUT2D eigenvalue weighted by molar-refractivity contribution is 0.142. The quantitative estimate of drug-likeness (QED) is 0.848. The Balaban J connectivity index is 2.28. The lowest BCUT2D eigenvalue weighted by atomic mass is 9.99. The minimum atomic E-state index is -0.453. The van der Waals surface area contributed by atoms with Gasteiger partial charge in [0.05, 0.1) is 18.3 Å². The van der Waals surface area contributed by atoms with Gasteiger partial charge in [-0.2, -0.15) is 0 Å². The largest absolute Gasteiger partial charge is 0.486 e. The molecular formula is C18H30N2O2. The maximum atomic E-state index is 10.3. The standard InChI is InChI=1S/C18H30N2O2/c1-12(2)18-11-20(13(3)4)15-10-14(7-8-17(15)22-18)16(21)6-5-9-19/h7-8,10,12-13,16,18,21H,5-6,9,11,19H2,1-4H3. The van der Waals surface area contributed by atoms with Gasteiger partial charge in [-0.3, -0.25) is 0 Å². The summed E-state index contributed by atoms with van der Waals surface area (Å²) >= 11 is 0. The average Bonchev–Trinajstić information content (AvgIpc) is 2.50. The highest BCUT2D eigenvalue weighted by Crippen LogP contribution is 2.38. The summed E-state index contributed by atoms with van der Waals surface area (Å²) in [4.78, 5) is 2.38. The van der Waals surface area contributed by atoms with Gasteiger partial charge in [0, 0.05) is 6.04 Å². The number of rotatable bonds is 6. The molecule has 0 fully saturated rings. The van der Waals surface area contributed by atoms with Crippen LogP contribution in [0.2, 0.25) is 0 Å². The summed E-state index contributed by atoms with van der Waals surface area (Å²) in [6.45, 7) is 10.3. The van der Waals surface area contributed by atoms with Gasteiger partial charge in [0.1, 0.15) is 11.9 Å². The summed E-state index contributed by atoms with van der Waals surface area (Å²) in [5, 5.41) is 10.3. The Bertz CT molecular complexity index is 488. The van der Waals surface area contributed by atoms with E-state index in [1.807, 2.05) is 12.1 Å². The van der Waals surface area contributed by atoms with Gasteiger partial charge in [-0.05, 0) is 56.8 Å². The van der Waals surface area contributed by atoms with Crippen LogP contribution < -0.4 is 15.4 Å². The van der Waals surface area contributed by atoms with E-state index in [-0.39, 0.29) is 6.10 Å². The molecule has 2 atom stereocenters. The molecule has 0 aliphatic carbocycles. The van der Waals surface area contributed by atoms with Gasteiger partial charge >= 0.3 is 0 Å². The topological polar surface area (TPSA) is 58.7 Å². The molecule has 1 aliphatic heterocycles. The molecule has 4 heteroatoms. The Hall–Kier alpha value is -1.26. The van der Waals surface area contributed by atoms with Crippen LogP contribution in [0.4, 0.5) is 5.69 Å². The zero-order chi connectivity index (χ0) is 16.3. The third-order valence-corrected chi connectivity index (χ3v) is 4.38. The molecule has 124 valence electrons.